The van der Waals surface area contributed by atoms with Crippen LogP contribution in [0.4, 0.5) is 5.69 Å². The van der Waals surface area contributed by atoms with Crippen molar-refractivity contribution >= 4 is 29.1 Å². The topological polar surface area (TPSA) is 61.4 Å². The lowest BCUT2D eigenvalue weighted by atomic mass is 10.2. The minimum atomic E-state index is -0.454. The fraction of sp³-hybridized carbons (Fsp3) is 0.273. The van der Waals surface area contributed by atoms with Gasteiger partial charge in [-0.05, 0) is 24.3 Å². The Kier molecular flexibility index (Phi) is 4.78. The summed E-state index contributed by atoms with van der Waals surface area (Å²) < 4.78 is 0. The molecule has 92 valence electrons. The van der Waals surface area contributed by atoms with Crippen molar-refractivity contribution in [1.82, 2.24) is 10.9 Å². The summed E-state index contributed by atoms with van der Waals surface area (Å²) in [5, 5.41) is 0. The standard InChI is InChI=1S/C11H14ClN3O2/c1-15(2)9-5-3-8(4-6-9)11(17)14-13-10(16)7-12/h3-6H,7H2,1-2H3,(H,13,16)(H,14,17). The molecule has 2 amide bonds. The van der Waals surface area contributed by atoms with Gasteiger partial charge in [-0.1, -0.05) is 0 Å². The second-order valence-corrected chi connectivity index (χ2v) is 3.84. The minimum Gasteiger partial charge on any atom is -0.378 e. The summed E-state index contributed by atoms with van der Waals surface area (Å²) in [4.78, 5) is 24.3. The van der Waals surface area contributed by atoms with Crippen LogP contribution in [0.3, 0.4) is 0 Å². The van der Waals surface area contributed by atoms with Crippen LogP contribution < -0.4 is 15.8 Å². The third-order valence-electron chi connectivity index (χ3n) is 2.08. The van der Waals surface area contributed by atoms with Crippen LogP contribution in [0.25, 0.3) is 0 Å². The summed E-state index contributed by atoms with van der Waals surface area (Å²) in [5.41, 5.74) is 5.90. The lowest BCUT2D eigenvalue weighted by Crippen LogP contribution is -2.42. The lowest BCUT2D eigenvalue weighted by molar-refractivity contribution is -0.119. The number of hydrogen-bond acceptors (Lipinski definition) is 3. The van der Waals surface area contributed by atoms with Crippen LogP contribution in [0.1, 0.15) is 10.4 Å². The Balaban J connectivity index is 2.61. The predicted molar refractivity (Wildman–Crippen MR) is 67.1 cm³/mol. The summed E-state index contributed by atoms with van der Waals surface area (Å²) in [5.74, 6) is -1.03. The number of nitrogens with one attached hydrogen (secondary N) is 2. The molecule has 0 bridgehead atoms. The lowest BCUT2D eigenvalue weighted by Gasteiger charge is -2.12. The molecule has 0 heterocycles. The highest BCUT2D eigenvalue weighted by Crippen LogP contribution is 2.11. The zero-order valence-corrected chi connectivity index (χ0v) is 10.4. The molecule has 0 saturated heterocycles. The average Bonchev–Trinajstić information content (AvgIpc) is 2.35. The summed E-state index contributed by atoms with van der Waals surface area (Å²) >= 11 is 5.27. The number of carbonyl (C=O) groups excluding carboxylic acids is 2. The van der Waals surface area contributed by atoms with Gasteiger partial charge in [0.25, 0.3) is 11.8 Å². The largest absolute Gasteiger partial charge is 0.378 e. The van der Waals surface area contributed by atoms with Crippen molar-refractivity contribution in [3.05, 3.63) is 29.8 Å². The molecule has 1 aromatic rings. The quantitative estimate of drug-likeness (QED) is 0.619. The van der Waals surface area contributed by atoms with E-state index in [1.807, 2.05) is 31.1 Å². The van der Waals surface area contributed by atoms with Crippen LogP contribution in [0, 0.1) is 0 Å². The second-order valence-electron chi connectivity index (χ2n) is 3.58. The number of benzene rings is 1. The van der Waals surface area contributed by atoms with E-state index in [0.29, 0.717) is 5.56 Å². The maximum atomic E-state index is 11.6. The number of anilines is 1. The Hall–Kier alpha value is -1.75. The van der Waals surface area contributed by atoms with Gasteiger partial charge in [-0.25, -0.2) is 0 Å². The first kappa shape index (κ1) is 13.3. The Morgan fingerprint density at radius 2 is 1.76 bits per heavy atom. The van der Waals surface area contributed by atoms with Crippen molar-refractivity contribution in [2.24, 2.45) is 0 Å². The number of hydrogen-bond donors (Lipinski definition) is 2. The van der Waals surface area contributed by atoms with Crippen LogP contribution in [0.15, 0.2) is 24.3 Å². The summed E-state index contributed by atoms with van der Waals surface area (Å²) in [6.07, 6.45) is 0. The van der Waals surface area contributed by atoms with Gasteiger partial charge in [0, 0.05) is 25.3 Å². The normalized spacial score (nSPS) is 9.59. The molecule has 0 radical (unpaired) electrons. The van der Waals surface area contributed by atoms with Crippen LogP contribution in [0.2, 0.25) is 0 Å². The number of halogens is 1. The fourth-order valence-electron chi connectivity index (χ4n) is 1.14. The van der Waals surface area contributed by atoms with E-state index < -0.39 is 5.91 Å². The fourth-order valence-corrected chi connectivity index (χ4v) is 1.21. The number of amides is 2. The Morgan fingerprint density at radius 3 is 2.24 bits per heavy atom. The molecule has 0 fully saturated rings. The molecule has 0 spiro atoms. The number of nitrogens with zero attached hydrogens (tertiary/aromatic N) is 1. The van der Waals surface area contributed by atoms with Gasteiger partial charge in [0.1, 0.15) is 5.88 Å². The summed E-state index contributed by atoms with van der Waals surface area (Å²) in [7, 11) is 3.82. The highest BCUT2D eigenvalue weighted by atomic mass is 35.5. The zero-order chi connectivity index (χ0) is 12.8. The molecule has 0 aliphatic carbocycles. The third kappa shape index (κ3) is 3.96. The number of hydrazine groups is 1. The third-order valence-corrected chi connectivity index (χ3v) is 2.33. The zero-order valence-electron chi connectivity index (χ0n) is 9.66. The van der Waals surface area contributed by atoms with E-state index in [2.05, 4.69) is 10.9 Å². The molecule has 0 aliphatic rings. The number of alkyl halides is 1. The molecule has 6 heteroatoms. The number of rotatable bonds is 3. The Bertz CT molecular complexity index is 404. The van der Waals surface area contributed by atoms with E-state index in [4.69, 9.17) is 11.6 Å². The molecule has 1 aromatic carbocycles. The first-order valence-electron chi connectivity index (χ1n) is 4.97. The molecular weight excluding hydrogens is 242 g/mol. The number of carbonyl (C=O) groups is 2. The van der Waals surface area contributed by atoms with Gasteiger partial charge in [-0.15, -0.1) is 11.6 Å². The van der Waals surface area contributed by atoms with Crippen molar-refractivity contribution in [3.63, 3.8) is 0 Å². The van der Waals surface area contributed by atoms with Crippen molar-refractivity contribution in [3.8, 4) is 0 Å². The van der Waals surface area contributed by atoms with Gasteiger partial charge in [0.2, 0.25) is 0 Å². The van der Waals surface area contributed by atoms with E-state index in [1.54, 1.807) is 12.1 Å². The monoisotopic (exact) mass is 255 g/mol. The first-order valence-corrected chi connectivity index (χ1v) is 5.50. The molecule has 0 aromatic heterocycles. The van der Waals surface area contributed by atoms with E-state index in [1.165, 1.54) is 0 Å². The molecule has 0 aliphatic heterocycles. The highest BCUT2D eigenvalue weighted by molar-refractivity contribution is 6.27. The minimum absolute atomic E-state index is 0.195. The Labute approximate surface area is 105 Å². The summed E-state index contributed by atoms with van der Waals surface area (Å²) in [6, 6.07) is 6.99. The molecule has 1 rings (SSSR count). The SMILES string of the molecule is CN(C)c1ccc(C(=O)NNC(=O)CCl)cc1. The smallest absolute Gasteiger partial charge is 0.269 e. The van der Waals surface area contributed by atoms with E-state index in [0.717, 1.165) is 5.69 Å². The van der Waals surface area contributed by atoms with Crippen molar-refractivity contribution in [2.45, 2.75) is 0 Å². The molecule has 5 nitrogen and oxygen atoms in total. The molecular formula is C11H14ClN3O2. The predicted octanol–water partition coefficient (Wildman–Crippen LogP) is 0.752. The van der Waals surface area contributed by atoms with Crippen LogP contribution in [-0.2, 0) is 4.79 Å². The van der Waals surface area contributed by atoms with Gasteiger partial charge in [-0.2, -0.15) is 0 Å². The van der Waals surface area contributed by atoms with Gasteiger partial charge < -0.3 is 4.90 Å². The maximum absolute atomic E-state index is 11.6. The van der Waals surface area contributed by atoms with E-state index >= 15 is 0 Å². The summed E-state index contributed by atoms with van der Waals surface area (Å²) in [6.45, 7) is 0. The Morgan fingerprint density at radius 1 is 1.18 bits per heavy atom. The second kappa shape index (κ2) is 6.10. The molecule has 17 heavy (non-hydrogen) atoms. The van der Waals surface area contributed by atoms with Crippen LogP contribution >= 0.6 is 11.6 Å². The van der Waals surface area contributed by atoms with Crippen molar-refractivity contribution in [2.75, 3.05) is 24.9 Å². The van der Waals surface area contributed by atoms with Crippen LogP contribution in [-0.4, -0.2) is 31.8 Å². The van der Waals surface area contributed by atoms with Gasteiger partial charge in [0.15, 0.2) is 0 Å². The van der Waals surface area contributed by atoms with Gasteiger partial charge >= 0.3 is 0 Å². The van der Waals surface area contributed by atoms with Crippen molar-refractivity contribution in [1.29, 1.82) is 0 Å². The molecule has 0 saturated carbocycles. The van der Waals surface area contributed by atoms with Crippen LogP contribution in [0.5, 0.6) is 0 Å². The highest BCUT2D eigenvalue weighted by Gasteiger charge is 2.06. The first-order chi connectivity index (χ1) is 8.04. The van der Waals surface area contributed by atoms with Gasteiger partial charge in [0.05, 0.1) is 0 Å². The van der Waals surface area contributed by atoms with Crippen molar-refractivity contribution < 1.29 is 9.59 Å². The molecule has 2 N–H and O–H groups in total. The van der Waals surface area contributed by atoms with E-state index in [9.17, 15) is 9.59 Å². The molecule has 0 unspecified atom stereocenters. The maximum Gasteiger partial charge on any atom is 0.269 e. The van der Waals surface area contributed by atoms with Gasteiger partial charge in [-0.3, -0.25) is 20.4 Å². The van der Waals surface area contributed by atoms with E-state index in [-0.39, 0.29) is 11.8 Å². The molecule has 0 atom stereocenters. The average molecular weight is 256 g/mol.